The maximum Gasteiger partial charge on any atom is 0.250 e. The normalized spacial score (nSPS) is 25.5. The quantitative estimate of drug-likeness (QED) is 0.854. The van der Waals surface area contributed by atoms with Crippen molar-refractivity contribution in [2.75, 3.05) is 26.4 Å². The number of nitrogens with one attached hydrogen (secondary N) is 1. The van der Waals surface area contributed by atoms with E-state index < -0.39 is 5.60 Å². The zero-order valence-electron chi connectivity index (χ0n) is 14.0. The molecule has 0 bridgehead atoms. The molecule has 1 fully saturated rings. The number of carbonyl (C=O) groups excluding carboxylic acids is 1. The van der Waals surface area contributed by atoms with Gasteiger partial charge in [0.15, 0.2) is 11.5 Å². The largest absolute Gasteiger partial charge is 0.490 e. The Labute approximate surface area is 141 Å². The zero-order chi connectivity index (χ0) is 17.2. The van der Waals surface area contributed by atoms with Gasteiger partial charge in [0, 0.05) is 25.1 Å². The van der Waals surface area contributed by atoms with E-state index in [1.165, 1.54) is 0 Å². The number of rotatable bonds is 5. The molecule has 2 heterocycles. The fraction of sp³-hybridized carbons (Fsp3) is 0.500. The van der Waals surface area contributed by atoms with E-state index in [1.54, 1.807) is 6.08 Å². The summed E-state index contributed by atoms with van der Waals surface area (Å²) < 4.78 is 16.6. The number of benzene rings is 1. The Morgan fingerprint density at radius 2 is 2.33 bits per heavy atom. The van der Waals surface area contributed by atoms with Gasteiger partial charge in [-0.25, -0.2) is 0 Å². The van der Waals surface area contributed by atoms with E-state index in [2.05, 4.69) is 5.32 Å². The number of carbonyl (C=O) groups is 1. The van der Waals surface area contributed by atoms with Crippen LogP contribution < -0.4 is 14.8 Å². The van der Waals surface area contributed by atoms with Crippen molar-refractivity contribution in [3.63, 3.8) is 0 Å². The minimum atomic E-state index is -1.01. The topological polar surface area (TPSA) is 77.0 Å². The van der Waals surface area contributed by atoms with Crippen molar-refractivity contribution >= 4 is 12.0 Å². The number of fused-ring (bicyclic) bond motifs is 1. The molecule has 1 amide bonds. The molecular weight excluding hydrogens is 310 g/mol. The summed E-state index contributed by atoms with van der Waals surface area (Å²) >= 11 is 0. The lowest BCUT2D eigenvalue weighted by Crippen LogP contribution is -2.48. The van der Waals surface area contributed by atoms with Gasteiger partial charge < -0.3 is 24.6 Å². The van der Waals surface area contributed by atoms with Gasteiger partial charge in [-0.3, -0.25) is 4.79 Å². The predicted octanol–water partition coefficient (Wildman–Crippen LogP) is 1.52. The van der Waals surface area contributed by atoms with E-state index >= 15 is 0 Å². The van der Waals surface area contributed by atoms with E-state index in [-0.39, 0.29) is 25.2 Å². The third-order valence-corrected chi connectivity index (χ3v) is 4.52. The first-order chi connectivity index (χ1) is 11.5. The van der Waals surface area contributed by atoms with Crippen LogP contribution >= 0.6 is 0 Å². The molecule has 2 unspecified atom stereocenters. The summed E-state index contributed by atoms with van der Waals surface area (Å²) in [4.78, 5) is 12.4. The molecule has 6 heteroatoms. The summed E-state index contributed by atoms with van der Waals surface area (Å²) in [5, 5.41) is 13.2. The molecule has 6 nitrogen and oxygen atoms in total. The molecule has 0 aromatic heterocycles. The predicted molar refractivity (Wildman–Crippen MR) is 89.1 cm³/mol. The Bertz CT molecular complexity index is 657. The van der Waals surface area contributed by atoms with Gasteiger partial charge in [-0.15, -0.1) is 0 Å². The molecule has 1 saturated heterocycles. The van der Waals surface area contributed by atoms with Crippen LogP contribution in [0.15, 0.2) is 23.8 Å². The van der Waals surface area contributed by atoms with Crippen LogP contribution in [-0.2, 0) is 9.53 Å². The Balaban J connectivity index is 1.69. The van der Waals surface area contributed by atoms with Crippen molar-refractivity contribution < 1.29 is 24.1 Å². The lowest BCUT2D eigenvalue weighted by Gasteiger charge is -2.27. The standard InChI is InChI=1S/C18H23NO5/c1-3-22-15-6-4-5-13-9-14(10-24-16(13)15)17(20)19-11-18(21)7-8-23-12(18)2/h4-6,9,12,21H,3,7-8,10-11H2,1-2H3,(H,19,20). The maximum atomic E-state index is 12.4. The summed E-state index contributed by atoms with van der Waals surface area (Å²) in [5.41, 5.74) is 0.325. The SMILES string of the molecule is CCOc1cccc2c1OCC(C(=O)NCC1(O)CCOC1C)=C2. The number of ether oxygens (including phenoxy) is 3. The second-order valence-electron chi connectivity index (χ2n) is 6.12. The minimum Gasteiger partial charge on any atom is -0.490 e. The molecular formula is C18H23NO5. The number of hydrogen-bond acceptors (Lipinski definition) is 5. The smallest absolute Gasteiger partial charge is 0.250 e. The fourth-order valence-corrected chi connectivity index (χ4v) is 2.93. The molecule has 0 aliphatic carbocycles. The third-order valence-electron chi connectivity index (χ3n) is 4.52. The van der Waals surface area contributed by atoms with Crippen molar-refractivity contribution in [3.8, 4) is 11.5 Å². The van der Waals surface area contributed by atoms with Crippen molar-refractivity contribution in [2.24, 2.45) is 0 Å². The lowest BCUT2D eigenvalue weighted by molar-refractivity contribution is -0.119. The average Bonchev–Trinajstić information content (AvgIpc) is 2.92. The molecule has 1 aromatic carbocycles. The highest BCUT2D eigenvalue weighted by Crippen LogP contribution is 2.35. The van der Waals surface area contributed by atoms with Crippen molar-refractivity contribution in [2.45, 2.75) is 32.0 Å². The summed E-state index contributed by atoms with van der Waals surface area (Å²) in [5.74, 6) is 1.10. The molecule has 0 saturated carbocycles. The summed E-state index contributed by atoms with van der Waals surface area (Å²) in [7, 11) is 0. The lowest BCUT2D eigenvalue weighted by atomic mass is 9.96. The second kappa shape index (κ2) is 6.83. The van der Waals surface area contributed by atoms with E-state index in [0.717, 1.165) is 5.56 Å². The Kier molecular flexibility index (Phi) is 4.78. The number of para-hydroxylation sites is 1. The number of aliphatic hydroxyl groups is 1. The van der Waals surface area contributed by atoms with Crippen molar-refractivity contribution in [1.29, 1.82) is 0 Å². The van der Waals surface area contributed by atoms with Gasteiger partial charge >= 0.3 is 0 Å². The van der Waals surface area contributed by atoms with Crippen LogP contribution in [0.5, 0.6) is 11.5 Å². The van der Waals surface area contributed by atoms with Crippen LogP contribution in [0.2, 0.25) is 0 Å². The van der Waals surface area contributed by atoms with Crippen LogP contribution in [0.3, 0.4) is 0 Å². The van der Waals surface area contributed by atoms with E-state index in [9.17, 15) is 9.90 Å². The van der Waals surface area contributed by atoms with Crippen LogP contribution in [-0.4, -0.2) is 49.1 Å². The molecule has 1 aromatic rings. The molecule has 2 N–H and O–H groups in total. The molecule has 2 aliphatic rings. The van der Waals surface area contributed by atoms with Gasteiger partial charge in [-0.1, -0.05) is 12.1 Å². The van der Waals surface area contributed by atoms with E-state index in [1.807, 2.05) is 32.0 Å². The number of amides is 1. The molecule has 0 radical (unpaired) electrons. The molecule has 2 aliphatic heterocycles. The van der Waals surface area contributed by atoms with Gasteiger partial charge in [0.05, 0.1) is 18.3 Å². The fourth-order valence-electron chi connectivity index (χ4n) is 2.93. The first kappa shape index (κ1) is 16.8. The highest BCUT2D eigenvalue weighted by Gasteiger charge is 2.39. The molecule has 3 rings (SSSR count). The maximum absolute atomic E-state index is 12.4. The average molecular weight is 333 g/mol. The third kappa shape index (κ3) is 3.25. The monoisotopic (exact) mass is 333 g/mol. The highest BCUT2D eigenvalue weighted by atomic mass is 16.5. The minimum absolute atomic E-state index is 0.163. The van der Waals surface area contributed by atoms with Gasteiger partial charge in [-0.2, -0.15) is 0 Å². The van der Waals surface area contributed by atoms with Crippen LogP contribution in [0.25, 0.3) is 6.08 Å². The van der Waals surface area contributed by atoms with Gasteiger partial charge in [0.1, 0.15) is 12.2 Å². The van der Waals surface area contributed by atoms with E-state index in [0.29, 0.717) is 36.7 Å². The zero-order valence-corrected chi connectivity index (χ0v) is 14.0. The highest BCUT2D eigenvalue weighted by molar-refractivity contribution is 5.99. The first-order valence-electron chi connectivity index (χ1n) is 8.25. The summed E-state index contributed by atoms with van der Waals surface area (Å²) in [6.07, 6.45) is 2.03. The Morgan fingerprint density at radius 3 is 3.04 bits per heavy atom. The first-order valence-corrected chi connectivity index (χ1v) is 8.25. The summed E-state index contributed by atoms with van der Waals surface area (Å²) in [6, 6.07) is 5.59. The molecule has 24 heavy (non-hydrogen) atoms. The van der Waals surface area contributed by atoms with E-state index in [4.69, 9.17) is 14.2 Å². The van der Waals surface area contributed by atoms with Crippen molar-refractivity contribution in [3.05, 3.63) is 29.3 Å². The molecule has 0 spiro atoms. The molecule has 2 atom stereocenters. The Morgan fingerprint density at radius 1 is 1.50 bits per heavy atom. The van der Waals surface area contributed by atoms with Gasteiger partial charge in [0.25, 0.3) is 5.91 Å². The van der Waals surface area contributed by atoms with Crippen LogP contribution in [0.1, 0.15) is 25.8 Å². The van der Waals surface area contributed by atoms with Crippen LogP contribution in [0.4, 0.5) is 0 Å². The second-order valence-corrected chi connectivity index (χ2v) is 6.12. The molecule has 130 valence electrons. The van der Waals surface area contributed by atoms with Crippen LogP contribution in [0, 0.1) is 0 Å². The summed E-state index contributed by atoms with van der Waals surface area (Å²) in [6.45, 7) is 5.12. The van der Waals surface area contributed by atoms with Gasteiger partial charge in [-0.05, 0) is 26.0 Å². The van der Waals surface area contributed by atoms with Gasteiger partial charge in [0.2, 0.25) is 0 Å². The Hall–Kier alpha value is -2.05. The van der Waals surface area contributed by atoms with Crippen molar-refractivity contribution in [1.82, 2.24) is 5.32 Å². The number of hydrogen-bond donors (Lipinski definition) is 2.